The van der Waals surface area contributed by atoms with Crippen LogP contribution in [0.1, 0.15) is 78.5 Å². The SMILES string of the molecule is CC(Oc1ccc(NC(=O)c2ccco2)cc1)C(=O)c1ccc(C(C)C)cc1C(C)C. The van der Waals surface area contributed by atoms with Gasteiger partial charge in [0.25, 0.3) is 5.91 Å². The number of hydrogen-bond donors (Lipinski definition) is 1. The van der Waals surface area contributed by atoms with E-state index in [0.717, 1.165) is 5.56 Å². The molecule has 3 aromatic rings. The van der Waals surface area contributed by atoms with Gasteiger partial charge in [-0.15, -0.1) is 0 Å². The molecule has 2 aromatic carbocycles. The zero-order chi connectivity index (χ0) is 22.5. The lowest BCUT2D eigenvalue weighted by Crippen LogP contribution is -2.25. The number of ether oxygens (including phenoxy) is 1. The van der Waals surface area contributed by atoms with Gasteiger partial charge in [0.1, 0.15) is 5.75 Å². The molecule has 1 heterocycles. The summed E-state index contributed by atoms with van der Waals surface area (Å²) in [5.74, 6) is 1.07. The molecule has 0 saturated heterocycles. The van der Waals surface area contributed by atoms with Crippen molar-refractivity contribution in [3.63, 3.8) is 0 Å². The van der Waals surface area contributed by atoms with E-state index >= 15 is 0 Å². The lowest BCUT2D eigenvalue weighted by atomic mass is 9.89. The summed E-state index contributed by atoms with van der Waals surface area (Å²) in [5.41, 5.74) is 3.58. The van der Waals surface area contributed by atoms with Gasteiger partial charge < -0.3 is 14.5 Å². The minimum Gasteiger partial charge on any atom is -0.483 e. The summed E-state index contributed by atoms with van der Waals surface area (Å²) in [6, 6.07) is 16.2. The number of furan rings is 1. The van der Waals surface area contributed by atoms with Crippen LogP contribution in [-0.2, 0) is 0 Å². The number of rotatable bonds is 8. The van der Waals surface area contributed by atoms with Gasteiger partial charge in [0.15, 0.2) is 11.9 Å². The van der Waals surface area contributed by atoms with E-state index in [4.69, 9.17) is 9.15 Å². The van der Waals surface area contributed by atoms with E-state index in [0.29, 0.717) is 22.9 Å². The second-order valence-electron chi connectivity index (χ2n) is 8.24. The van der Waals surface area contributed by atoms with Crippen molar-refractivity contribution in [1.29, 1.82) is 0 Å². The van der Waals surface area contributed by atoms with Gasteiger partial charge in [0.05, 0.1) is 6.26 Å². The predicted molar refractivity (Wildman–Crippen MR) is 122 cm³/mol. The molecule has 0 aliphatic heterocycles. The molecule has 1 amide bonds. The van der Waals surface area contributed by atoms with Crippen LogP contribution in [0.2, 0.25) is 0 Å². The van der Waals surface area contributed by atoms with Crippen LogP contribution in [0.3, 0.4) is 0 Å². The number of hydrogen-bond acceptors (Lipinski definition) is 4. The van der Waals surface area contributed by atoms with Crippen molar-refractivity contribution >= 4 is 17.4 Å². The van der Waals surface area contributed by atoms with E-state index in [1.165, 1.54) is 11.8 Å². The molecule has 1 atom stereocenters. The number of carbonyl (C=O) groups excluding carboxylic acids is 2. The molecule has 0 aliphatic carbocycles. The maximum atomic E-state index is 13.1. The Morgan fingerprint density at radius 3 is 2.19 bits per heavy atom. The maximum Gasteiger partial charge on any atom is 0.291 e. The highest BCUT2D eigenvalue weighted by Gasteiger charge is 2.22. The van der Waals surface area contributed by atoms with Crippen molar-refractivity contribution in [2.45, 2.75) is 52.6 Å². The molecule has 31 heavy (non-hydrogen) atoms. The van der Waals surface area contributed by atoms with E-state index in [9.17, 15) is 9.59 Å². The van der Waals surface area contributed by atoms with E-state index in [1.54, 1.807) is 43.3 Å². The summed E-state index contributed by atoms with van der Waals surface area (Å²) in [5, 5.41) is 2.75. The van der Waals surface area contributed by atoms with Crippen molar-refractivity contribution in [3.8, 4) is 5.75 Å². The zero-order valence-electron chi connectivity index (χ0n) is 18.6. The highest BCUT2D eigenvalue weighted by Crippen LogP contribution is 2.27. The Hall–Kier alpha value is -3.34. The Labute approximate surface area is 183 Å². The first-order valence-corrected chi connectivity index (χ1v) is 10.6. The minimum atomic E-state index is -0.633. The van der Waals surface area contributed by atoms with Gasteiger partial charge >= 0.3 is 0 Å². The third kappa shape index (κ3) is 5.43. The van der Waals surface area contributed by atoms with Crippen molar-refractivity contribution in [2.24, 2.45) is 0 Å². The van der Waals surface area contributed by atoms with Crippen LogP contribution in [-0.4, -0.2) is 17.8 Å². The molecule has 0 fully saturated rings. The molecule has 0 saturated carbocycles. The fraction of sp³-hybridized carbons (Fsp3) is 0.308. The molecule has 5 nitrogen and oxygen atoms in total. The molecule has 1 unspecified atom stereocenters. The van der Waals surface area contributed by atoms with Crippen LogP contribution in [0.4, 0.5) is 5.69 Å². The first kappa shape index (κ1) is 22.3. The van der Waals surface area contributed by atoms with Crippen LogP contribution in [0.5, 0.6) is 5.75 Å². The van der Waals surface area contributed by atoms with E-state index in [1.807, 2.05) is 12.1 Å². The van der Waals surface area contributed by atoms with E-state index in [-0.39, 0.29) is 23.4 Å². The Morgan fingerprint density at radius 2 is 1.61 bits per heavy atom. The van der Waals surface area contributed by atoms with Gasteiger partial charge in [-0.2, -0.15) is 0 Å². The number of benzene rings is 2. The number of ketones is 1. The summed E-state index contributed by atoms with van der Waals surface area (Å²) in [7, 11) is 0. The Kier molecular flexibility index (Phi) is 6.95. The molecule has 3 rings (SSSR count). The quantitative estimate of drug-likeness (QED) is 0.427. The zero-order valence-corrected chi connectivity index (χ0v) is 18.6. The average Bonchev–Trinajstić information content (AvgIpc) is 3.29. The fourth-order valence-electron chi connectivity index (χ4n) is 3.34. The first-order valence-electron chi connectivity index (χ1n) is 10.6. The highest BCUT2D eigenvalue weighted by molar-refractivity contribution is 6.02. The van der Waals surface area contributed by atoms with Crippen LogP contribution < -0.4 is 10.1 Å². The molecule has 162 valence electrons. The van der Waals surface area contributed by atoms with Crippen LogP contribution in [0, 0.1) is 0 Å². The molecule has 5 heteroatoms. The van der Waals surface area contributed by atoms with E-state index in [2.05, 4.69) is 39.1 Å². The number of carbonyl (C=O) groups is 2. The number of Topliss-reactive ketones (excluding diaryl/α,β-unsaturated/α-hetero) is 1. The van der Waals surface area contributed by atoms with Gasteiger partial charge in [0.2, 0.25) is 5.78 Å². The summed E-state index contributed by atoms with van der Waals surface area (Å²) >= 11 is 0. The van der Waals surface area contributed by atoms with Crippen molar-refractivity contribution < 1.29 is 18.7 Å². The Balaban J connectivity index is 1.69. The van der Waals surface area contributed by atoms with Gasteiger partial charge in [-0.3, -0.25) is 9.59 Å². The summed E-state index contributed by atoms with van der Waals surface area (Å²) in [4.78, 5) is 25.2. The largest absolute Gasteiger partial charge is 0.483 e. The number of anilines is 1. The summed E-state index contributed by atoms with van der Waals surface area (Å²) in [6.07, 6.45) is 0.816. The predicted octanol–water partition coefficient (Wildman–Crippen LogP) is 6.43. The smallest absolute Gasteiger partial charge is 0.291 e. The Bertz CT molecular complexity index is 1030. The molecular weight excluding hydrogens is 390 g/mol. The molecule has 0 bridgehead atoms. The lowest BCUT2D eigenvalue weighted by Gasteiger charge is -2.19. The molecule has 1 aromatic heterocycles. The topological polar surface area (TPSA) is 68.5 Å². The van der Waals surface area contributed by atoms with Crippen molar-refractivity contribution in [3.05, 3.63) is 83.3 Å². The monoisotopic (exact) mass is 419 g/mol. The molecule has 0 spiro atoms. The standard InChI is InChI=1S/C26H29NO4/c1-16(2)19-8-13-22(23(15-19)17(3)4)25(28)18(5)31-21-11-9-20(10-12-21)27-26(29)24-7-6-14-30-24/h6-18H,1-5H3,(H,27,29). The van der Waals surface area contributed by atoms with Gasteiger partial charge in [-0.1, -0.05) is 45.9 Å². The molecule has 0 radical (unpaired) electrons. The minimum absolute atomic E-state index is 0.0470. The van der Waals surface area contributed by atoms with Gasteiger partial charge in [-0.05, 0) is 66.3 Å². The molecule has 0 aliphatic rings. The first-order chi connectivity index (χ1) is 14.8. The van der Waals surface area contributed by atoms with Crippen molar-refractivity contribution in [2.75, 3.05) is 5.32 Å². The van der Waals surface area contributed by atoms with Gasteiger partial charge in [-0.25, -0.2) is 0 Å². The highest BCUT2D eigenvalue weighted by atomic mass is 16.5. The number of amides is 1. The van der Waals surface area contributed by atoms with Crippen LogP contribution in [0.25, 0.3) is 0 Å². The van der Waals surface area contributed by atoms with Crippen LogP contribution in [0.15, 0.2) is 65.3 Å². The molecule has 1 N–H and O–H groups in total. The maximum absolute atomic E-state index is 13.1. The van der Waals surface area contributed by atoms with Crippen LogP contribution >= 0.6 is 0 Å². The normalized spacial score (nSPS) is 12.1. The lowest BCUT2D eigenvalue weighted by molar-refractivity contribution is 0.0816. The number of nitrogens with one attached hydrogen (secondary N) is 1. The second kappa shape index (κ2) is 9.65. The second-order valence-corrected chi connectivity index (χ2v) is 8.24. The molecular formula is C26H29NO4. The van der Waals surface area contributed by atoms with Crippen molar-refractivity contribution in [1.82, 2.24) is 0 Å². The average molecular weight is 420 g/mol. The van der Waals surface area contributed by atoms with Gasteiger partial charge in [0, 0.05) is 11.3 Å². The third-order valence-corrected chi connectivity index (χ3v) is 5.17. The third-order valence-electron chi connectivity index (χ3n) is 5.17. The fourth-order valence-corrected chi connectivity index (χ4v) is 3.34. The summed E-state index contributed by atoms with van der Waals surface area (Å²) in [6.45, 7) is 10.2. The summed E-state index contributed by atoms with van der Waals surface area (Å²) < 4.78 is 11.0. The van der Waals surface area contributed by atoms with E-state index < -0.39 is 6.10 Å². The Morgan fingerprint density at radius 1 is 0.903 bits per heavy atom.